The van der Waals surface area contributed by atoms with Crippen LogP contribution in [0.1, 0.15) is 219 Å². The molecule has 6 heteroatoms. The van der Waals surface area contributed by atoms with E-state index in [2.05, 4.69) is 55.6 Å². The molecule has 0 aromatic carbocycles. The number of rotatable bonds is 41. The minimum Gasteiger partial charge on any atom is -0.466 e. The molecule has 2 atom stereocenters. The standard InChI is InChI=1S/C48H87NO5/c1-3-5-7-9-11-13-15-16-17-18-19-21-26-30-34-38-42-48(53)54-43-39-35-31-27-23-22-25-29-33-37-41-47(52)49-45(44-50)46(51)40-36-32-28-24-20-14-12-10-8-6-4-2/h13,15,17-18,23,27,36,40,45-46,50-51H,3-12,14,16,19-22,24-26,28-35,37-39,41-44H2,1-2H3,(H,49,52)/b15-13-,18-17-,27-23-,40-36+. The molecule has 54 heavy (non-hydrogen) atoms. The van der Waals surface area contributed by atoms with Gasteiger partial charge in [0.15, 0.2) is 0 Å². The summed E-state index contributed by atoms with van der Waals surface area (Å²) >= 11 is 0. The summed E-state index contributed by atoms with van der Waals surface area (Å²) in [4.78, 5) is 24.4. The molecule has 0 saturated heterocycles. The third kappa shape index (κ3) is 39.5. The number of allylic oxidation sites excluding steroid dienone is 7. The van der Waals surface area contributed by atoms with Crippen LogP contribution >= 0.6 is 0 Å². The molecule has 0 aromatic heterocycles. The van der Waals surface area contributed by atoms with Crippen LogP contribution in [0.2, 0.25) is 0 Å². The van der Waals surface area contributed by atoms with E-state index < -0.39 is 12.1 Å². The van der Waals surface area contributed by atoms with Gasteiger partial charge in [0.1, 0.15) is 0 Å². The molecule has 0 rings (SSSR count). The summed E-state index contributed by atoms with van der Waals surface area (Å²) in [6, 6.07) is -0.653. The first-order valence-corrected chi connectivity index (χ1v) is 22.9. The molecule has 2 unspecified atom stereocenters. The second-order valence-corrected chi connectivity index (χ2v) is 15.4. The van der Waals surface area contributed by atoms with Crippen molar-refractivity contribution in [3.63, 3.8) is 0 Å². The van der Waals surface area contributed by atoms with Crippen LogP contribution in [-0.2, 0) is 14.3 Å². The van der Waals surface area contributed by atoms with Crippen molar-refractivity contribution >= 4 is 11.9 Å². The van der Waals surface area contributed by atoms with Crippen LogP contribution in [0.3, 0.4) is 0 Å². The highest BCUT2D eigenvalue weighted by Gasteiger charge is 2.18. The van der Waals surface area contributed by atoms with Crippen molar-refractivity contribution in [2.24, 2.45) is 0 Å². The molecule has 0 bridgehead atoms. The van der Waals surface area contributed by atoms with Gasteiger partial charge in [-0.25, -0.2) is 0 Å². The number of aliphatic hydroxyl groups is 2. The molecule has 6 nitrogen and oxygen atoms in total. The maximum atomic E-state index is 12.4. The lowest BCUT2D eigenvalue weighted by Crippen LogP contribution is -2.45. The van der Waals surface area contributed by atoms with Gasteiger partial charge in [0.25, 0.3) is 0 Å². The van der Waals surface area contributed by atoms with Crippen LogP contribution in [-0.4, -0.2) is 47.4 Å². The van der Waals surface area contributed by atoms with Crippen LogP contribution < -0.4 is 5.32 Å². The highest BCUT2D eigenvalue weighted by atomic mass is 16.5. The zero-order valence-electron chi connectivity index (χ0n) is 35.4. The van der Waals surface area contributed by atoms with Crippen LogP contribution in [0, 0.1) is 0 Å². The third-order valence-electron chi connectivity index (χ3n) is 10.1. The van der Waals surface area contributed by atoms with Gasteiger partial charge in [-0.15, -0.1) is 0 Å². The number of aliphatic hydroxyl groups excluding tert-OH is 2. The van der Waals surface area contributed by atoms with Crippen molar-refractivity contribution in [3.05, 3.63) is 48.6 Å². The maximum Gasteiger partial charge on any atom is 0.305 e. The summed E-state index contributed by atoms with van der Waals surface area (Å²) in [7, 11) is 0. The predicted octanol–water partition coefficient (Wildman–Crippen LogP) is 13.1. The molecule has 0 radical (unpaired) electrons. The van der Waals surface area contributed by atoms with Crippen LogP contribution in [0.15, 0.2) is 48.6 Å². The molecule has 0 saturated carbocycles. The van der Waals surface area contributed by atoms with Gasteiger partial charge in [-0.1, -0.05) is 165 Å². The molecule has 1 amide bonds. The number of carbonyl (C=O) groups is 2. The smallest absolute Gasteiger partial charge is 0.305 e. The first-order valence-electron chi connectivity index (χ1n) is 22.9. The molecule has 0 fully saturated rings. The van der Waals surface area contributed by atoms with Gasteiger partial charge in [0.05, 0.1) is 25.4 Å². The summed E-state index contributed by atoms with van der Waals surface area (Å²) in [6.07, 6.45) is 52.4. The number of hydrogen-bond donors (Lipinski definition) is 3. The fourth-order valence-electron chi connectivity index (χ4n) is 6.48. The Morgan fingerprint density at radius 1 is 0.519 bits per heavy atom. The second kappa shape index (κ2) is 43.5. The van der Waals surface area contributed by atoms with Crippen LogP contribution in [0.4, 0.5) is 0 Å². The van der Waals surface area contributed by atoms with E-state index in [1.54, 1.807) is 6.08 Å². The van der Waals surface area contributed by atoms with E-state index in [0.717, 1.165) is 89.9 Å². The number of nitrogens with one attached hydrogen (secondary N) is 1. The number of unbranched alkanes of at least 4 members (excludes halogenated alkanes) is 24. The van der Waals surface area contributed by atoms with E-state index in [0.29, 0.717) is 19.4 Å². The SMILES string of the molecule is CCCCCC/C=C\C/C=C\CCCCCCCC(=O)OCCCC/C=C\CCCCCCC(=O)NC(CO)C(O)/C=C/CCCCCCCCCCC. The van der Waals surface area contributed by atoms with Crippen molar-refractivity contribution < 1.29 is 24.5 Å². The Hall–Kier alpha value is -2.18. The molecule has 3 N–H and O–H groups in total. The van der Waals surface area contributed by atoms with Crippen molar-refractivity contribution in [1.82, 2.24) is 5.32 Å². The number of hydrogen-bond acceptors (Lipinski definition) is 5. The minimum atomic E-state index is -0.866. The zero-order chi connectivity index (χ0) is 39.4. The average Bonchev–Trinajstić information content (AvgIpc) is 3.17. The lowest BCUT2D eigenvalue weighted by atomic mass is 10.1. The molecule has 0 spiro atoms. The molecule has 314 valence electrons. The minimum absolute atomic E-state index is 0.0536. The Bertz CT molecular complexity index is 926. The van der Waals surface area contributed by atoms with Gasteiger partial charge in [-0.05, 0) is 89.9 Å². The molecule has 0 heterocycles. The Morgan fingerprint density at radius 2 is 0.926 bits per heavy atom. The topological polar surface area (TPSA) is 95.9 Å². The summed E-state index contributed by atoms with van der Waals surface area (Å²) in [6.45, 7) is 4.75. The van der Waals surface area contributed by atoms with E-state index >= 15 is 0 Å². The zero-order valence-corrected chi connectivity index (χ0v) is 35.4. The van der Waals surface area contributed by atoms with Crippen molar-refractivity contribution in [2.45, 2.75) is 231 Å². The van der Waals surface area contributed by atoms with Crippen molar-refractivity contribution in [2.75, 3.05) is 13.2 Å². The number of carbonyl (C=O) groups excluding carboxylic acids is 2. The largest absolute Gasteiger partial charge is 0.466 e. The fraction of sp³-hybridized carbons (Fsp3) is 0.792. The van der Waals surface area contributed by atoms with Gasteiger partial charge in [-0.3, -0.25) is 9.59 Å². The van der Waals surface area contributed by atoms with Crippen molar-refractivity contribution in [1.29, 1.82) is 0 Å². The predicted molar refractivity (Wildman–Crippen MR) is 232 cm³/mol. The highest BCUT2D eigenvalue weighted by molar-refractivity contribution is 5.76. The Morgan fingerprint density at radius 3 is 1.44 bits per heavy atom. The highest BCUT2D eigenvalue weighted by Crippen LogP contribution is 2.13. The first-order chi connectivity index (χ1) is 26.5. The van der Waals surface area contributed by atoms with Crippen molar-refractivity contribution in [3.8, 4) is 0 Å². The quantitative estimate of drug-likeness (QED) is 0.0328. The second-order valence-electron chi connectivity index (χ2n) is 15.4. The molecule has 0 aliphatic carbocycles. The lowest BCUT2D eigenvalue weighted by molar-refractivity contribution is -0.143. The van der Waals surface area contributed by atoms with E-state index in [-0.39, 0.29) is 18.5 Å². The van der Waals surface area contributed by atoms with Gasteiger partial charge in [-0.2, -0.15) is 0 Å². The Kier molecular flexibility index (Phi) is 41.8. The van der Waals surface area contributed by atoms with E-state index in [9.17, 15) is 19.8 Å². The third-order valence-corrected chi connectivity index (χ3v) is 10.1. The van der Waals surface area contributed by atoms with E-state index in [1.165, 1.54) is 103 Å². The number of ether oxygens (including phenoxy) is 1. The van der Waals surface area contributed by atoms with E-state index in [1.807, 2.05) is 6.08 Å². The van der Waals surface area contributed by atoms with Gasteiger partial charge in [0, 0.05) is 12.8 Å². The molecule has 0 aliphatic rings. The van der Waals surface area contributed by atoms with Gasteiger partial charge >= 0.3 is 5.97 Å². The van der Waals surface area contributed by atoms with E-state index in [4.69, 9.17) is 4.74 Å². The Balaban J connectivity index is 3.59. The number of esters is 1. The summed E-state index contributed by atoms with van der Waals surface area (Å²) in [5, 5.41) is 22.9. The first kappa shape index (κ1) is 51.8. The molecular weight excluding hydrogens is 671 g/mol. The summed E-state index contributed by atoms with van der Waals surface area (Å²) in [5.41, 5.74) is 0. The molecule has 0 aliphatic heterocycles. The lowest BCUT2D eigenvalue weighted by Gasteiger charge is -2.20. The van der Waals surface area contributed by atoms with Gasteiger partial charge < -0.3 is 20.3 Å². The van der Waals surface area contributed by atoms with Gasteiger partial charge in [0.2, 0.25) is 5.91 Å². The maximum absolute atomic E-state index is 12.4. The average molecular weight is 758 g/mol. The fourth-order valence-corrected chi connectivity index (χ4v) is 6.48. The monoisotopic (exact) mass is 758 g/mol. The summed E-state index contributed by atoms with van der Waals surface area (Å²) < 4.78 is 5.41. The summed E-state index contributed by atoms with van der Waals surface area (Å²) in [5.74, 6) is -0.162. The molecular formula is C48H87NO5. The number of amides is 1. The normalized spacial score (nSPS) is 13.2. The Labute approximate surface area is 334 Å². The van der Waals surface area contributed by atoms with Crippen LogP contribution in [0.5, 0.6) is 0 Å². The van der Waals surface area contributed by atoms with Crippen LogP contribution in [0.25, 0.3) is 0 Å². The molecule has 0 aromatic rings.